The van der Waals surface area contributed by atoms with Crippen molar-refractivity contribution in [2.24, 2.45) is 5.73 Å². The van der Waals surface area contributed by atoms with E-state index >= 15 is 0 Å². The van der Waals surface area contributed by atoms with Gasteiger partial charge in [-0.25, -0.2) is 4.57 Å². The third-order valence-corrected chi connectivity index (χ3v) is 5.30. The Morgan fingerprint density at radius 1 is 0.969 bits per heavy atom. The molecule has 0 radical (unpaired) electrons. The van der Waals surface area contributed by atoms with E-state index in [1.807, 2.05) is 0 Å². The number of ether oxygens (including phenoxy) is 1. The monoisotopic (exact) mass is 475 g/mol. The molecule has 0 saturated heterocycles. The van der Waals surface area contributed by atoms with E-state index in [1.165, 1.54) is 25.7 Å². The van der Waals surface area contributed by atoms with Gasteiger partial charge in [0.15, 0.2) is 0 Å². The van der Waals surface area contributed by atoms with Gasteiger partial charge in [0.25, 0.3) is 0 Å². The summed E-state index contributed by atoms with van der Waals surface area (Å²) in [4.78, 5) is 21.2. The summed E-state index contributed by atoms with van der Waals surface area (Å²) in [6.07, 6.45) is 21.4. The average Bonchev–Trinajstić information content (AvgIpc) is 2.77. The minimum Gasteiger partial charge on any atom is -0.457 e. The predicted octanol–water partition coefficient (Wildman–Crippen LogP) is 4.57. The van der Waals surface area contributed by atoms with Gasteiger partial charge in [0.1, 0.15) is 6.10 Å². The molecule has 0 bridgehead atoms. The molecule has 0 saturated carbocycles. The molecule has 2 atom stereocenters. The molecule has 186 valence electrons. The Bertz CT molecular complexity index is 593. The van der Waals surface area contributed by atoms with Crippen LogP contribution in [0.3, 0.4) is 0 Å². The predicted molar refractivity (Wildman–Crippen MR) is 127 cm³/mol. The number of hydrogen-bond donors (Lipinski definition) is 3. The maximum Gasteiger partial charge on any atom is 0.472 e. The van der Waals surface area contributed by atoms with Gasteiger partial charge in [-0.05, 0) is 44.9 Å². The minimum atomic E-state index is -4.27. The van der Waals surface area contributed by atoms with E-state index in [9.17, 15) is 19.4 Å². The smallest absolute Gasteiger partial charge is 0.457 e. The molecule has 1 unspecified atom stereocenters. The largest absolute Gasteiger partial charge is 0.472 e. The number of rotatable bonds is 21. The second-order valence-electron chi connectivity index (χ2n) is 7.31. The van der Waals surface area contributed by atoms with Crippen molar-refractivity contribution in [1.29, 1.82) is 0 Å². The van der Waals surface area contributed by atoms with Crippen molar-refractivity contribution in [3.63, 3.8) is 0 Å². The third kappa shape index (κ3) is 20.6. The highest BCUT2D eigenvalue weighted by Crippen LogP contribution is 2.42. The van der Waals surface area contributed by atoms with E-state index < -0.39 is 33.1 Å². The standard InChI is InChI=1S/C23H42NO7P/c1-2-3-4-5-6-7-8-9-10-11-12-13-14-15-16-17-23(26)31-22(20-25)21-30-32(27,28)29-19-18-24/h6-7,9-10,12-13,22,25H,2-5,8,11,14-21,24H2,1H3,(H,27,28)/b7-6-,10-9-,13-12-/t22-/m1/s1. The van der Waals surface area contributed by atoms with Crippen LogP contribution in [0.4, 0.5) is 0 Å². The molecule has 8 nitrogen and oxygen atoms in total. The summed E-state index contributed by atoms with van der Waals surface area (Å²) in [6, 6.07) is 0. The molecule has 0 aliphatic rings. The number of esters is 1. The lowest BCUT2D eigenvalue weighted by atomic mass is 10.1. The molecule has 32 heavy (non-hydrogen) atoms. The van der Waals surface area contributed by atoms with Crippen LogP contribution in [0.1, 0.15) is 71.1 Å². The van der Waals surface area contributed by atoms with Gasteiger partial charge in [-0.2, -0.15) is 0 Å². The Balaban J connectivity index is 3.80. The summed E-state index contributed by atoms with van der Waals surface area (Å²) < 4.78 is 25.8. The van der Waals surface area contributed by atoms with Gasteiger partial charge in [-0.1, -0.05) is 56.2 Å². The van der Waals surface area contributed by atoms with Crippen LogP contribution >= 0.6 is 7.82 Å². The maximum atomic E-state index is 11.8. The zero-order valence-electron chi connectivity index (χ0n) is 19.4. The molecule has 0 aliphatic carbocycles. The van der Waals surface area contributed by atoms with Gasteiger partial charge < -0.3 is 20.5 Å². The van der Waals surface area contributed by atoms with Gasteiger partial charge >= 0.3 is 13.8 Å². The van der Waals surface area contributed by atoms with Crippen LogP contribution in [0, 0.1) is 0 Å². The fourth-order valence-corrected chi connectivity index (χ4v) is 3.34. The molecule has 0 spiro atoms. The highest BCUT2D eigenvalue weighted by molar-refractivity contribution is 7.47. The van der Waals surface area contributed by atoms with Crippen LogP contribution in [0.25, 0.3) is 0 Å². The number of allylic oxidation sites excluding steroid dienone is 6. The van der Waals surface area contributed by atoms with Crippen molar-refractivity contribution >= 4 is 13.8 Å². The molecular weight excluding hydrogens is 433 g/mol. The number of aliphatic hydroxyl groups is 1. The Morgan fingerprint density at radius 3 is 2.12 bits per heavy atom. The first-order valence-electron chi connectivity index (χ1n) is 11.5. The van der Waals surface area contributed by atoms with Crippen molar-refractivity contribution < 1.29 is 33.1 Å². The van der Waals surface area contributed by atoms with E-state index in [4.69, 9.17) is 15.0 Å². The molecule has 0 fully saturated rings. The van der Waals surface area contributed by atoms with Gasteiger partial charge in [-0.15, -0.1) is 0 Å². The summed E-state index contributed by atoms with van der Waals surface area (Å²) in [5.41, 5.74) is 5.18. The van der Waals surface area contributed by atoms with E-state index in [1.54, 1.807) is 0 Å². The maximum absolute atomic E-state index is 11.8. The van der Waals surface area contributed by atoms with Crippen molar-refractivity contribution in [2.45, 2.75) is 77.2 Å². The zero-order valence-corrected chi connectivity index (χ0v) is 20.3. The quantitative estimate of drug-likeness (QED) is 0.0953. The molecule has 0 aromatic carbocycles. The van der Waals surface area contributed by atoms with Crippen molar-refractivity contribution in [1.82, 2.24) is 0 Å². The molecule has 0 rings (SSSR count). The van der Waals surface area contributed by atoms with Gasteiger partial charge in [0.05, 0.1) is 19.8 Å². The topological polar surface area (TPSA) is 128 Å². The summed E-state index contributed by atoms with van der Waals surface area (Å²) in [5.74, 6) is -0.488. The fraction of sp³-hybridized carbons (Fsp3) is 0.696. The van der Waals surface area contributed by atoms with Gasteiger partial charge in [0.2, 0.25) is 0 Å². The molecular formula is C23H42NO7P. The molecule has 0 amide bonds. The Kier molecular flexibility index (Phi) is 20.7. The third-order valence-electron chi connectivity index (χ3n) is 4.32. The second kappa shape index (κ2) is 21.6. The molecule has 0 heterocycles. The van der Waals surface area contributed by atoms with Crippen LogP contribution in [0.2, 0.25) is 0 Å². The number of aliphatic hydroxyl groups excluding tert-OH is 1. The van der Waals surface area contributed by atoms with E-state index in [2.05, 4.69) is 47.9 Å². The number of hydrogen-bond acceptors (Lipinski definition) is 7. The number of nitrogens with two attached hydrogens (primary N) is 1. The van der Waals surface area contributed by atoms with E-state index in [0.29, 0.717) is 6.42 Å². The molecule has 0 aliphatic heterocycles. The summed E-state index contributed by atoms with van der Waals surface area (Å²) in [6.45, 7) is 1.18. The minimum absolute atomic E-state index is 0.0645. The fourth-order valence-electron chi connectivity index (χ4n) is 2.57. The second-order valence-corrected chi connectivity index (χ2v) is 8.76. The molecule has 0 aromatic heterocycles. The van der Waals surface area contributed by atoms with E-state index in [0.717, 1.165) is 25.7 Å². The number of carbonyl (C=O) groups is 1. The summed E-state index contributed by atoms with van der Waals surface area (Å²) in [5, 5.41) is 9.24. The van der Waals surface area contributed by atoms with Crippen LogP contribution in [-0.2, 0) is 23.1 Å². The van der Waals surface area contributed by atoms with Gasteiger partial charge in [0, 0.05) is 13.0 Å². The highest BCUT2D eigenvalue weighted by atomic mass is 31.2. The Morgan fingerprint density at radius 2 is 1.56 bits per heavy atom. The summed E-state index contributed by atoms with van der Waals surface area (Å²) in [7, 11) is -4.27. The first-order chi connectivity index (χ1) is 15.4. The van der Waals surface area contributed by atoms with Crippen molar-refractivity contribution in [2.75, 3.05) is 26.4 Å². The van der Waals surface area contributed by atoms with Crippen LogP contribution < -0.4 is 5.73 Å². The number of phosphoric ester groups is 1. The average molecular weight is 476 g/mol. The van der Waals surface area contributed by atoms with E-state index in [-0.39, 0.29) is 19.6 Å². The lowest BCUT2D eigenvalue weighted by molar-refractivity contribution is -0.153. The van der Waals surface area contributed by atoms with Gasteiger partial charge in [-0.3, -0.25) is 13.8 Å². The van der Waals surface area contributed by atoms with Crippen molar-refractivity contribution in [3.8, 4) is 0 Å². The number of carbonyl (C=O) groups excluding carboxylic acids is 1. The Labute approximate surface area is 193 Å². The first-order valence-corrected chi connectivity index (χ1v) is 13.0. The van der Waals surface area contributed by atoms with Crippen LogP contribution in [0.15, 0.2) is 36.5 Å². The first kappa shape index (κ1) is 30.7. The number of unbranched alkanes of at least 4 members (excludes halogenated alkanes) is 5. The molecule has 4 N–H and O–H groups in total. The lowest BCUT2D eigenvalue weighted by Crippen LogP contribution is -2.27. The van der Waals surface area contributed by atoms with Crippen LogP contribution in [-0.4, -0.2) is 48.4 Å². The zero-order chi connectivity index (χ0) is 23.9. The van der Waals surface area contributed by atoms with Crippen molar-refractivity contribution in [3.05, 3.63) is 36.5 Å². The Hall–Kier alpha value is -1.28. The highest BCUT2D eigenvalue weighted by Gasteiger charge is 2.24. The normalized spacial score (nSPS) is 15.0. The molecule has 0 aromatic rings. The number of phosphoric acid groups is 1. The SMILES string of the molecule is CCCCC/C=C\C/C=C\C/C=C\CCCCC(=O)O[C@H](CO)COP(=O)(O)OCCN. The lowest BCUT2D eigenvalue weighted by Gasteiger charge is -2.17. The molecule has 9 heteroatoms. The van der Waals surface area contributed by atoms with Crippen LogP contribution in [0.5, 0.6) is 0 Å². The summed E-state index contributed by atoms with van der Waals surface area (Å²) >= 11 is 0.